The highest BCUT2D eigenvalue weighted by atomic mass is 16.8. The molecule has 0 heterocycles. The Labute approximate surface area is 135 Å². The zero-order valence-corrected chi connectivity index (χ0v) is 14.1. The van der Waals surface area contributed by atoms with E-state index in [0.717, 1.165) is 0 Å². The van der Waals surface area contributed by atoms with Gasteiger partial charge in [0.1, 0.15) is 17.3 Å². The zero-order chi connectivity index (χ0) is 17.8. The Morgan fingerprint density at radius 2 is 1.70 bits per heavy atom. The molecule has 0 bridgehead atoms. The van der Waals surface area contributed by atoms with E-state index in [4.69, 9.17) is 4.74 Å². The Morgan fingerprint density at radius 1 is 1.17 bits per heavy atom. The fraction of sp³-hybridized carbons (Fsp3) is 0.471. The van der Waals surface area contributed by atoms with Gasteiger partial charge in [-0.3, -0.25) is 14.8 Å². The first kappa shape index (κ1) is 18.7. The molecule has 23 heavy (non-hydrogen) atoms. The summed E-state index contributed by atoms with van der Waals surface area (Å²) in [7, 11) is 0. The van der Waals surface area contributed by atoms with Gasteiger partial charge in [-0.25, -0.2) is 0 Å². The van der Waals surface area contributed by atoms with Crippen molar-refractivity contribution < 1.29 is 24.4 Å². The molecular weight excluding hydrogens is 298 g/mol. The molecule has 2 unspecified atom stereocenters. The minimum atomic E-state index is -1.21. The largest absolute Gasteiger partial charge is 0.459 e. The van der Waals surface area contributed by atoms with Crippen LogP contribution >= 0.6 is 0 Å². The van der Waals surface area contributed by atoms with Crippen LogP contribution in [0.4, 0.5) is 0 Å². The van der Waals surface area contributed by atoms with E-state index in [-0.39, 0.29) is 10.6 Å². The van der Waals surface area contributed by atoms with Gasteiger partial charge < -0.3 is 9.94 Å². The smallest absolute Gasteiger partial charge is 0.318 e. The Balaban J connectivity index is 3.39. The minimum absolute atomic E-state index is 0.0535. The molecular formula is C17H23NO5. The van der Waals surface area contributed by atoms with Crippen molar-refractivity contribution in [3.8, 4) is 0 Å². The predicted molar refractivity (Wildman–Crippen MR) is 85.3 cm³/mol. The molecule has 0 radical (unpaired) electrons. The maximum atomic E-state index is 12.5. The predicted octanol–water partition coefficient (Wildman–Crippen LogP) is 2.68. The quantitative estimate of drug-likeness (QED) is 0.225. The third-order valence-electron chi connectivity index (χ3n) is 3.34. The van der Waals surface area contributed by atoms with E-state index in [1.54, 1.807) is 51.1 Å². The van der Waals surface area contributed by atoms with Crippen LogP contribution in [-0.2, 0) is 14.3 Å². The average Bonchev–Trinajstić information content (AvgIpc) is 2.42. The van der Waals surface area contributed by atoms with Crippen LogP contribution in [0, 0.1) is 11.1 Å². The Hall–Kier alpha value is -2.37. The monoisotopic (exact) mass is 321 g/mol. The van der Waals surface area contributed by atoms with E-state index < -0.39 is 29.2 Å². The normalized spacial score (nSPS) is 15.3. The first-order valence-corrected chi connectivity index (χ1v) is 7.32. The van der Waals surface area contributed by atoms with Crippen LogP contribution in [0.5, 0.6) is 0 Å². The first-order valence-electron chi connectivity index (χ1n) is 7.32. The molecule has 0 aliphatic rings. The number of rotatable bonds is 5. The van der Waals surface area contributed by atoms with Gasteiger partial charge in [-0.05, 0) is 33.3 Å². The molecule has 0 saturated heterocycles. The second-order valence-corrected chi connectivity index (χ2v) is 6.42. The van der Waals surface area contributed by atoms with Gasteiger partial charge >= 0.3 is 5.97 Å². The number of carbonyl (C=O) groups excluding carboxylic acids is 2. The molecule has 0 amide bonds. The number of esters is 1. The number of hydrogen-bond donors (Lipinski definition) is 1. The van der Waals surface area contributed by atoms with Crippen LogP contribution in [-0.4, -0.2) is 33.2 Å². The van der Waals surface area contributed by atoms with Gasteiger partial charge in [-0.1, -0.05) is 30.3 Å². The van der Waals surface area contributed by atoms with Crippen LogP contribution in [0.15, 0.2) is 30.3 Å². The van der Waals surface area contributed by atoms with E-state index in [9.17, 15) is 20.0 Å². The third-order valence-corrected chi connectivity index (χ3v) is 3.34. The lowest BCUT2D eigenvalue weighted by Gasteiger charge is -2.26. The van der Waals surface area contributed by atoms with Gasteiger partial charge in [-0.15, -0.1) is 0 Å². The lowest BCUT2D eigenvalue weighted by atomic mass is 9.80. The summed E-state index contributed by atoms with van der Waals surface area (Å²) in [4.78, 5) is 24.3. The van der Waals surface area contributed by atoms with Gasteiger partial charge in [-0.2, -0.15) is 0 Å². The summed E-state index contributed by atoms with van der Waals surface area (Å²) in [6, 6.07) is 8.62. The van der Waals surface area contributed by atoms with E-state index in [1.807, 2.05) is 0 Å². The van der Waals surface area contributed by atoms with Crippen LogP contribution in [0.1, 0.15) is 46.1 Å². The molecule has 6 heteroatoms. The summed E-state index contributed by atoms with van der Waals surface area (Å²) in [5, 5.41) is 20.6. The molecule has 2 atom stereocenters. The van der Waals surface area contributed by atoms with Crippen LogP contribution in [0.3, 0.4) is 0 Å². The van der Waals surface area contributed by atoms with Gasteiger partial charge in [0, 0.05) is 11.8 Å². The number of ketones is 1. The summed E-state index contributed by atoms with van der Waals surface area (Å²) in [6.45, 7) is 7.74. The number of benzene rings is 1. The molecule has 0 saturated carbocycles. The molecule has 0 aliphatic carbocycles. The Bertz CT molecular complexity index is 597. The van der Waals surface area contributed by atoms with Crippen molar-refractivity contribution in [1.29, 1.82) is 0 Å². The number of carbonyl (C=O) groups is 2. The van der Waals surface area contributed by atoms with Gasteiger partial charge in [0.25, 0.3) is 0 Å². The summed E-state index contributed by atoms with van der Waals surface area (Å²) < 4.78 is 5.32. The van der Waals surface area contributed by atoms with Crippen LogP contribution in [0.2, 0.25) is 0 Å². The van der Waals surface area contributed by atoms with Crippen molar-refractivity contribution in [2.45, 2.75) is 46.1 Å². The molecule has 1 aromatic carbocycles. The van der Waals surface area contributed by atoms with Gasteiger partial charge in [0.15, 0.2) is 0 Å². The molecule has 1 aromatic rings. The number of nitrogens with zero attached hydrogens (tertiary/aromatic N) is 1. The highest BCUT2D eigenvalue weighted by Crippen LogP contribution is 2.29. The van der Waals surface area contributed by atoms with Crippen molar-refractivity contribution in [2.24, 2.45) is 5.92 Å². The standard InChI is InChI=1S/C17H23NO5/c1-11(18(21)22)14(13-9-7-6-8-10-13)15(12(2)19)16(20)23-17(3,4)5/h6-10,14-15H,1-5H3,(H,21,22). The molecule has 0 spiro atoms. The maximum absolute atomic E-state index is 12.5. The van der Waals surface area contributed by atoms with E-state index in [2.05, 4.69) is 0 Å². The summed E-state index contributed by atoms with van der Waals surface area (Å²) in [5.74, 6) is -3.26. The van der Waals surface area contributed by atoms with E-state index in [1.165, 1.54) is 13.8 Å². The number of hydrogen-bond acceptors (Lipinski definition) is 5. The number of Topliss-reactive ketones (excluding diaryl/α,β-unsaturated/α-hetero) is 1. The SMILES string of the molecule is CC(=O)C(C(=O)OC(C)(C)C)C(/C(C)=[N+](/[O-])O)c1ccccc1. The second kappa shape index (κ2) is 7.26. The van der Waals surface area contributed by atoms with Crippen LogP contribution < -0.4 is 0 Å². The summed E-state index contributed by atoms with van der Waals surface area (Å²) >= 11 is 0. The van der Waals surface area contributed by atoms with E-state index >= 15 is 0 Å². The third kappa shape index (κ3) is 5.09. The van der Waals surface area contributed by atoms with Crippen molar-refractivity contribution in [2.75, 3.05) is 0 Å². The molecule has 1 rings (SSSR count). The topological polar surface area (TPSA) is 89.7 Å². The molecule has 0 aromatic heterocycles. The minimum Gasteiger partial charge on any atom is -0.459 e. The van der Waals surface area contributed by atoms with Gasteiger partial charge in [0.05, 0.1) is 5.92 Å². The highest BCUT2D eigenvalue weighted by molar-refractivity contribution is 6.04. The van der Waals surface area contributed by atoms with Crippen molar-refractivity contribution in [3.63, 3.8) is 0 Å². The molecule has 6 nitrogen and oxygen atoms in total. The Morgan fingerprint density at radius 3 is 2.09 bits per heavy atom. The summed E-state index contributed by atoms with van der Waals surface area (Å²) in [5.41, 5.74) is -0.246. The molecule has 1 N–H and O–H groups in total. The molecule has 0 fully saturated rings. The Kier molecular flexibility index (Phi) is 5.90. The average molecular weight is 321 g/mol. The van der Waals surface area contributed by atoms with Gasteiger partial charge in [0.2, 0.25) is 5.71 Å². The second-order valence-electron chi connectivity index (χ2n) is 6.42. The zero-order valence-electron chi connectivity index (χ0n) is 14.1. The fourth-order valence-electron chi connectivity index (χ4n) is 2.36. The summed E-state index contributed by atoms with van der Waals surface area (Å²) in [6.07, 6.45) is 0. The molecule has 126 valence electrons. The highest BCUT2D eigenvalue weighted by Gasteiger charge is 2.41. The fourth-order valence-corrected chi connectivity index (χ4v) is 2.36. The van der Waals surface area contributed by atoms with Crippen molar-refractivity contribution >= 4 is 17.5 Å². The number of ether oxygens (including phenoxy) is 1. The van der Waals surface area contributed by atoms with Crippen molar-refractivity contribution in [3.05, 3.63) is 41.1 Å². The lowest BCUT2D eigenvalue weighted by molar-refractivity contribution is -0.727. The van der Waals surface area contributed by atoms with Crippen molar-refractivity contribution in [1.82, 2.24) is 0 Å². The lowest BCUT2D eigenvalue weighted by Crippen LogP contribution is -2.39. The first-order chi connectivity index (χ1) is 10.5. The maximum Gasteiger partial charge on any atom is 0.318 e. The molecule has 0 aliphatic heterocycles. The van der Waals surface area contributed by atoms with E-state index in [0.29, 0.717) is 5.56 Å². The van der Waals surface area contributed by atoms with Crippen LogP contribution in [0.25, 0.3) is 0 Å².